The molecule has 0 aliphatic heterocycles. The number of carbonyl (C=O) groups excluding carboxylic acids is 1. The fourth-order valence-electron chi connectivity index (χ4n) is 1.76. The third kappa shape index (κ3) is 4.47. The van der Waals surface area contributed by atoms with Crippen LogP contribution in [0.1, 0.15) is 19.8 Å². The van der Waals surface area contributed by atoms with Gasteiger partial charge in [0.2, 0.25) is 5.91 Å². The summed E-state index contributed by atoms with van der Waals surface area (Å²) in [5.74, 6) is 0.747. The summed E-state index contributed by atoms with van der Waals surface area (Å²) in [7, 11) is 0. The number of thioether (sulfide) groups is 1. The van der Waals surface area contributed by atoms with Crippen LogP contribution in [-0.2, 0) is 4.79 Å². The van der Waals surface area contributed by atoms with E-state index < -0.39 is 0 Å². The van der Waals surface area contributed by atoms with Crippen molar-refractivity contribution in [3.63, 3.8) is 0 Å². The maximum absolute atomic E-state index is 11.7. The van der Waals surface area contributed by atoms with Gasteiger partial charge in [0.1, 0.15) is 0 Å². The van der Waals surface area contributed by atoms with Crippen LogP contribution >= 0.6 is 23.1 Å². The van der Waals surface area contributed by atoms with E-state index in [0.29, 0.717) is 12.8 Å². The number of hydrogen-bond donors (Lipinski definition) is 2. The van der Waals surface area contributed by atoms with Gasteiger partial charge in [-0.25, -0.2) is 4.98 Å². The summed E-state index contributed by atoms with van der Waals surface area (Å²) in [5, 5.41) is 11.6. The Morgan fingerprint density at radius 3 is 3.05 bits per heavy atom. The maximum atomic E-state index is 11.7. The van der Waals surface area contributed by atoms with Gasteiger partial charge >= 0.3 is 0 Å². The third-order valence-corrected chi connectivity index (χ3v) is 4.98. The number of hydrogen-bond acceptors (Lipinski definition) is 5. The summed E-state index contributed by atoms with van der Waals surface area (Å²) >= 11 is 3.27. The highest BCUT2D eigenvalue weighted by Gasteiger charge is 2.08. The van der Waals surface area contributed by atoms with E-state index in [0.717, 1.165) is 15.6 Å². The van der Waals surface area contributed by atoms with Gasteiger partial charge in [-0.2, -0.15) is 0 Å². The zero-order chi connectivity index (χ0) is 14.4. The Bertz CT molecular complexity index is 538. The van der Waals surface area contributed by atoms with Gasteiger partial charge in [-0.15, -0.1) is 11.3 Å². The lowest BCUT2D eigenvalue weighted by molar-refractivity contribution is -0.121. The second-order valence-corrected chi connectivity index (χ2v) is 6.90. The van der Waals surface area contributed by atoms with Gasteiger partial charge in [-0.3, -0.25) is 4.79 Å². The molecule has 2 aromatic rings. The number of nitrogens with zero attached hydrogens (tertiary/aromatic N) is 1. The maximum Gasteiger partial charge on any atom is 0.221 e. The Balaban J connectivity index is 1.76. The molecule has 2 rings (SSSR count). The first kappa shape index (κ1) is 15.3. The summed E-state index contributed by atoms with van der Waals surface area (Å²) < 4.78 is 2.18. The predicted octanol–water partition coefficient (Wildman–Crippen LogP) is 2.67. The Morgan fingerprint density at radius 2 is 2.30 bits per heavy atom. The minimum Gasteiger partial charge on any atom is -0.396 e. The fourth-order valence-corrected chi connectivity index (χ4v) is 3.83. The van der Waals surface area contributed by atoms with E-state index in [1.54, 1.807) is 23.1 Å². The number of rotatable bonds is 7. The molecule has 0 saturated heterocycles. The van der Waals surface area contributed by atoms with E-state index in [2.05, 4.69) is 16.4 Å². The lowest BCUT2D eigenvalue weighted by Gasteiger charge is -2.11. The number of para-hydroxylation sites is 1. The summed E-state index contributed by atoms with van der Waals surface area (Å²) in [6.45, 7) is 2.00. The van der Waals surface area contributed by atoms with E-state index in [-0.39, 0.29) is 18.6 Å². The highest BCUT2D eigenvalue weighted by Crippen LogP contribution is 2.29. The van der Waals surface area contributed by atoms with Gasteiger partial charge < -0.3 is 10.4 Å². The third-order valence-electron chi connectivity index (χ3n) is 2.80. The molecule has 1 aromatic heterocycles. The minimum atomic E-state index is 0.0274. The minimum absolute atomic E-state index is 0.0274. The van der Waals surface area contributed by atoms with Gasteiger partial charge in [0.05, 0.1) is 10.2 Å². The molecule has 1 unspecified atom stereocenters. The van der Waals surface area contributed by atoms with Crippen LogP contribution in [0.4, 0.5) is 0 Å². The van der Waals surface area contributed by atoms with Crippen molar-refractivity contribution < 1.29 is 9.90 Å². The molecule has 0 saturated carbocycles. The van der Waals surface area contributed by atoms with E-state index >= 15 is 0 Å². The molecule has 0 aliphatic rings. The number of nitrogens with one attached hydrogen (secondary N) is 1. The van der Waals surface area contributed by atoms with Crippen molar-refractivity contribution in [3.05, 3.63) is 24.3 Å². The van der Waals surface area contributed by atoms with Gasteiger partial charge in [-0.05, 0) is 25.5 Å². The smallest absolute Gasteiger partial charge is 0.221 e. The monoisotopic (exact) mass is 310 g/mol. The number of aromatic nitrogens is 1. The van der Waals surface area contributed by atoms with Gasteiger partial charge in [0.25, 0.3) is 0 Å². The molecular formula is C14H18N2O2S2. The lowest BCUT2D eigenvalue weighted by Crippen LogP contribution is -2.33. The summed E-state index contributed by atoms with van der Waals surface area (Å²) in [5.41, 5.74) is 1.01. The van der Waals surface area contributed by atoms with Crippen molar-refractivity contribution >= 4 is 39.2 Å². The average Bonchev–Trinajstić information content (AvgIpc) is 2.81. The van der Waals surface area contributed by atoms with E-state index in [4.69, 9.17) is 5.11 Å². The molecular weight excluding hydrogens is 292 g/mol. The number of aliphatic hydroxyl groups excluding tert-OH is 1. The zero-order valence-electron chi connectivity index (χ0n) is 11.3. The molecule has 1 amide bonds. The SMILES string of the molecule is CC(CCO)NC(=O)CCSc1nc2ccccc2s1. The molecule has 0 bridgehead atoms. The van der Waals surface area contributed by atoms with Crippen LogP contribution in [0.25, 0.3) is 10.2 Å². The number of amides is 1. The molecule has 1 heterocycles. The van der Waals surface area contributed by atoms with Crippen LogP contribution in [0.2, 0.25) is 0 Å². The molecule has 4 nitrogen and oxygen atoms in total. The Labute approximate surface area is 126 Å². The second kappa shape index (κ2) is 7.61. The average molecular weight is 310 g/mol. The molecule has 0 radical (unpaired) electrons. The van der Waals surface area contributed by atoms with E-state index in [9.17, 15) is 4.79 Å². The molecule has 108 valence electrons. The highest BCUT2D eigenvalue weighted by atomic mass is 32.2. The first-order chi connectivity index (χ1) is 9.69. The normalized spacial score (nSPS) is 12.5. The first-order valence-electron chi connectivity index (χ1n) is 6.57. The number of thiazole rings is 1. The van der Waals surface area contributed by atoms with Crippen LogP contribution < -0.4 is 5.32 Å². The van der Waals surface area contributed by atoms with Crippen LogP contribution in [0.3, 0.4) is 0 Å². The number of carbonyl (C=O) groups is 1. The van der Waals surface area contributed by atoms with Crippen molar-refractivity contribution in [2.75, 3.05) is 12.4 Å². The van der Waals surface area contributed by atoms with Crippen LogP contribution in [0, 0.1) is 0 Å². The molecule has 20 heavy (non-hydrogen) atoms. The number of aliphatic hydroxyl groups is 1. The number of benzene rings is 1. The largest absolute Gasteiger partial charge is 0.396 e. The van der Waals surface area contributed by atoms with Crippen LogP contribution in [0.5, 0.6) is 0 Å². The molecule has 2 N–H and O–H groups in total. The van der Waals surface area contributed by atoms with Crippen molar-refractivity contribution in [1.82, 2.24) is 10.3 Å². The Morgan fingerprint density at radius 1 is 1.50 bits per heavy atom. The Hall–Kier alpha value is -1.11. The van der Waals surface area contributed by atoms with Crippen LogP contribution in [0.15, 0.2) is 28.6 Å². The summed E-state index contributed by atoms with van der Waals surface area (Å²) in [4.78, 5) is 16.2. The van der Waals surface area contributed by atoms with E-state index in [1.807, 2.05) is 25.1 Å². The second-order valence-electron chi connectivity index (χ2n) is 4.53. The molecule has 0 fully saturated rings. The first-order valence-corrected chi connectivity index (χ1v) is 8.38. The molecule has 0 aliphatic carbocycles. The van der Waals surface area contributed by atoms with Crippen molar-refractivity contribution in [1.29, 1.82) is 0 Å². The van der Waals surface area contributed by atoms with Gasteiger partial charge in [0, 0.05) is 24.8 Å². The van der Waals surface area contributed by atoms with Gasteiger partial charge in [0.15, 0.2) is 4.34 Å². The van der Waals surface area contributed by atoms with Crippen molar-refractivity contribution in [2.24, 2.45) is 0 Å². The quantitative estimate of drug-likeness (QED) is 0.772. The van der Waals surface area contributed by atoms with Crippen molar-refractivity contribution in [3.8, 4) is 0 Å². The zero-order valence-corrected chi connectivity index (χ0v) is 13.0. The van der Waals surface area contributed by atoms with Crippen LogP contribution in [-0.4, -0.2) is 34.4 Å². The van der Waals surface area contributed by atoms with Gasteiger partial charge in [-0.1, -0.05) is 23.9 Å². The number of fused-ring (bicyclic) bond motifs is 1. The topological polar surface area (TPSA) is 62.2 Å². The highest BCUT2D eigenvalue weighted by molar-refractivity contribution is 8.01. The fraction of sp³-hybridized carbons (Fsp3) is 0.429. The predicted molar refractivity (Wildman–Crippen MR) is 84.3 cm³/mol. The molecule has 1 atom stereocenters. The molecule has 0 spiro atoms. The molecule has 6 heteroatoms. The Kier molecular flexibility index (Phi) is 5.82. The summed E-state index contributed by atoms with van der Waals surface area (Å²) in [6, 6.07) is 8.07. The lowest BCUT2D eigenvalue weighted by atomic mass is 10.2. The van der Waals surface area contributed by atoms with E-state index in [1.165, 1.54) is 4.70 Å². The van der Waals surface area contributed by atoms with Crippen molar-refractivity contribution in [2.45, 2.75) is 30.1 Å². The molecule has 1 aromatic carbocycles. The standard InChI is InChI=1S/C14H18N2O2S2/c1-10(6-8-17)15-13(18)7-9-19-14-16-11-4-2-3-5-12(11)20-14/h2-5,10,17H,6-9H2,1H3,(H,15,18). The summed E-state index contributed by atoms with van der Waals surface area (Å²) in [6.07, 6.45) is 1.06.